The molecule has 1 aromatic carbocycles. The lowest BCUT2D eigenvalue weighted by Crippen LogP contribution is -1.91. The van der Waals surface area contributed by atoms with E-state index in [1.807, 2.05) is 18.2 Å². The van der Waals surface area contributed by atoms with Crippen LogP contribution in [0.25, 0.3) is 0 Å². The standard InChI is InChI=1S/C9H11O3P/c1-2-8-11-13(10)12-9-6-4-3-5-7-9/h2-7,10H,1,8H2. The highest BCUT2D eigenvalue weighted by atomic mass is 31.2. The predicted octanol–water partition coefficient (Wildman–Crippen LogP) is 2.49. The molecule has 0 aliphatic carbocycles. The molecule has 1 aromatic rings. The zero-order chi connectivity index (χ0) is 9.52. The van der Waals surface area contributed by atoms with Crippen molar-refractivity contribution >= 4 is 8.60 Å². The molecule has 0 fully saturated rings. The Bertz CT molecular complexity index is 250. The minimum atomic E-state index is -1.83. The SMILES string of the molecule is C=CCOP(O)Oc1ccccc1. The van der Waals surface area contributed by atoms with Crippen LogP contribution in [0.5, 0.6) is 5.75 Å². The van der Waals surface area contributed by atoms with Crippen LogP contribution in [-0.4, -0.2) is 11.5 Å². The summed E-state index contributed by atoms with van der Waals surface area (Å²) in [4.78, 5) is 9.21. The van der Waals surface area contributed by atoms with Gasteiger partial charge in [-0.3, -0.25) is 4.52 Å². The van der Waals surface area contributed by atoms with Gasteiger partial charge in [0.05, 0.1) is 6.61 Å². The quantitative estimate of drug-likeness (QED) is 0.583. The molecule has 0 aliphatic rings. The third kappa shape index (κ3) is 4.04. The average Bonchev–Trinajstić information content (AvgIpc) is 2.16. The van der Waals surface area contributed by atoms with Crippen molar-refractivity contribution in [3.8, 4) is 5.75 Å². The summed E-state index contributed by atoms with van der Waals surface area (Å²) < 4.78 is 9.94. The molecular weight excluding hydrogens is 187 g/mol. The minimum absolute atomic E-state index is 0.287. The van der Waals surface area contributed by atoms with Crippen molar-refractivity contribution in [2.45, 2.75) is 0 Å². The lowest BCUT2D eigenvalue weighted by atomic mass is 10.3. The van der Waals surface area contributed by atoms with Gasteiger partial charge < -0.3 is 9.42 Å². The molecule has 0 radical (unpaired) electrons. The smallest absolute Gasteiger partial charge is 0.394 e. The number of benzene rings is 1. The van der Waals surface area contributed by atoms with Crippen molar-refractivity contribution in [3.05, 3.63) is 43.0 Å². The van der Waals surface area contributed by atoms with Gasteiger partial charge in [-0.15, -0.1) is 6.58 Å². The molecular formula is C9H11O3P. The van der Waals surface area contributed by atoms with Gasteiger partial charge in [-0.05, 0) is 12.1 Å². The molecule has 0 amide bonds. The van der Waals surface area contributed by atoms with Gasteiger partial charge in [0.15, 0.2) is 0 Å². The van der Waals surface area contributed by atoms with E-state index in [9.17, 15) is 4.89 Å². The van der Waals surface area contributed by atoms with Crippen LogP contribution in [0, 0.1) is 0 Å². The molecule has 0 saturated carbocycles. The molecule has 4 heteroatoms. The van der Waals surface area contributed by atoms with Crippen LogP contribution in [0.15, 0.2) is 43.0 Å². The summed E-state index contributed by atoms with van der Waals surface area (Å²) in [6, 6.07) is 9.03. The van der Waals surface area contributed by atoms with E-state index in [2.05, 4.69) is 6.58 Å². The molecule has 1 unspecified atom stereocenters. The second-order valence-electron chi connectivity index (χ2n) is 2.23. The first kappa shape index (κ1) is 10.2. The van der Waals surface area contributed by atoms with Crippen LogP contribution < -0.4 is 4.52 Å². The van der Waals surface area contributed by atoms with Crippen LogP contribution in [0.4, 0.5) is 0 Å². The van der Waals surface area contributed by atoms with E-state index in [4.69, 9.17) is 9.05 Å². The molecule has 0 bridgehead atoms. The van der Waals surface area contributed by atoms with Crippen LogP contribution in [0.1, 0.15) is 0 Å². The Hall–Kier alpha value is -0.890. The first-order chi connectivity index (χ1) is 6.33. The Morgan fingerprint density at radius 1 is 1.38 bits per heavy atom. The van der Waals surface area contributed by atoms with E-state index in [0.717, 1.165) is 0 Å². The topological polar surface area (TPSA) is 38.7 Å². The molecule has 0 aliphatic heterocycles. The monoisotopic (exact) mass is 198 g/mol. The number of hydrogen-bond donors (Lipinski definition) is 1. The Morgan fingerprint density at radius 3 is 2.69 bits per heavy atom. The molecule has 0 heterocycles. The summed E-state index contributed by atoms with van der Waals surface area (Å²) in [6.07, 6.45) is 1.56. The molecule has 0 aromatic heterocycles. The van der Waals surface area contributed by atoms with Crippen LogP contribution in [-0.2, 0) is 4.52 Å². The second kappa shape index (κ2) is 5.70. The lowest BCUT2D eigenvalue weighted by Gasteiger charge is -2.09. The Labute approximate surface area is 78.6 Å². The zero-order valence-electron chi connectivity index (χ0n) is 7.09. The zero-order valence-corrected chi connectivity index (χ0v) is 7.98. The highest BCUT2D eigenvalue weighted by Gasteiger charge is 2.06. The van der Waals surface area contributed by atoms with E-state index in [1.165, 1.54) is 0 Å². The minimum Gasteiger partial charge on any atom is -0.427 e. The highest BCUT2D eigenvalue weighted by Crippen LogP contribution is 2.34. The van der Waals surface area contributed by atoms with Gasteiger partial charge in [-0.1, -0.05) is 24.3 Å². The van der Waals surface area contributed by atoms with Gasteiger partial charge in [-0.25, -0.2) is 0 Å². The first-order valence-corrected chi connectivity index (χ1v) is 4.92. The van der Waals surface area contributed by atoms with Crippen molar-refractivity contribution in [3.63, 3.8) is 0 Å². The van der Waals surface area contributed by atoms with Gasteiger partial charge in [0.25, 0.3) is 0 Å². The fraction of sp³-hybridized carbons (Fsp3) is 0.111. The van der Waals surface area contributed by atoms with Crippen molar-refractivity contribution in [2.24, 2.45) is 0 Å². The van der Waals surface area contributed by atoms with E-state index >= 15 is 0 Å². The number of hydrogen-bond acceptors (Lipinski definition) is 3. The summed E-state index contributed by atoms with van der Waals surface area (Å²) in [6.45, 7) is 3.75. The molecule has 0 spiro atoms. The van der Waals surface area contributed by atoms with Crippen LogP contribution in [0.3, 0.4) is 0 Å². The predicted molar refractivity (Wildman–Crippen MR) is 52.4 cm³/mol. The first-order valence-electron chi connectivity index (χ1n) is 3.79. The Kier molecular flexibility index (Phi) is 4.47. The van der Waals surface area contributed by atoms with Gasteiger partial charge in [0.1, 0.15) is 5.75 Å². The fourth-order valence-corrected chi connectivity index (χ4v) is 1.30. The maximum atomic E-state index is 9.21. The molecule has 70 valence electrons. The van der Waals surface area contributed by atoms with Crippen molar-refractivity contribution in [2.75, 3.05) is 6.61 Å². The van der Waals surface area contributed by atoms with Crippen LogP contribution in [0.2, 0.25) is 0 Å². The van der Waals surface area contributed by atoms with Gasteiger partial charge >= 0.3 is 8.60 Å². The number of para-hydroxylation sites is 1. The largest absolute Gasteiger partial charge is 0.427 e. The van der Waals surface area contributed by atoms with E-state index < -0.39 is 8.60 Å². The molecule has 1 N–H and O–H groups in total. The summed E-state index contributed by atoms with van der Waals surface area (Å²) in [5.41, 5.74) is 0. The fourth-order valence-electron chi connectivity index (χ4n) is 0.714. The lowest BCUT2D eigenvalue weighted by molar-refractivity contribution is 0.288. The maximum absolute atomic E-state index is 9.21. The summed E-state index contributed by atoms with van der Waals surface area (Å²) in [5, 5.41) is 0. The number of rotatable bonds is 5. The summed E-state index contributed by atoms with van der Waals surface area (Å²) >= 11 is 0. The molecule has 13 heavy (non-hydrogen) atoms. The van der Waals surface area contributed by atoms with Crippen molar-refractivity contribution < 1.29 is 13.9 Å². The average molecular weight is 198 g/mol. The Balaban J connectivity index is 2.36. The maximum Gasteiger partial charge on any atom is 0.394 e. The molecule has 0 saturated heterocycles. The highest BCUT2D eigenvalue weighted by molar-refractivity contribution is 7.41. The van der Waals surface area contributed by atoms with E-state index in [-0.39, 0.29) is 6.61 Å². The summed E-state index contributed by atoms with van der Waals surface area (Å²) in [5.74, 6) is 0.597. The van der Waals surface area contributed by atoms with Gasteiger partial charge in [0.2, 0.25) is 0 Å². The molecule has 1 atom stereocenters. The van der Waals surface area contributed by atoms with Gasteiger partial charge in [-0.2, -0.15) is 0 Å². The van der Waals surface area contributed by atoms with E-state index in [1.54, 1.807) is 18.2 Å². The van der Waals surface area contributed by atoms with Crippen molar-refractivity contribution in [1.29, 1.82) is 0 Å². The second-order valence-corrected chi connectivity index (χ2v) is 3.14. The summed E-state index contributed by atoms with van der Waals surface area (Å²) in [7, 11) is -1.83. The third-order valence-electron chi connectivity index (χ3n) is 1.23. The molecule has 1 rings (SSSR count). The Morgan fingerprint density at radius 2 is 2.08 bits per heavy atom. The normalized spacial score (nSPS) is 12.1. The van der Waals surface area contributed by atoms with Crippen LogP contribution >= 0.6 is 8.60 Å². The molecule has 3 nitrogen and oxygen atoms in total. The van der Waals surface area contributed by atoms with Crippen molar-refractivity contribution in [1.82, 2.24) is 0 Å². The van der Waals surface area contributed by atoms with E-state index in [0.29, 0.717) is 5.75 Å². The van der Waals surface area contributed by atoms with Gasteiger partial charge in [0, 0.05) is 0 Å². The third-order valence-corrected chi connectivity index (χ3v) is 1.97.